The number of nitrogens with one attached hydrogen (secondary N) is 2. The Balaban J connectivity index is 2.01. The van der Waals surface area contributed by atoms with Gasteiger partial charge in [-0.15, -0.1) is 0 Å². The highest BCUT2D eigenvalue weighted by Crippen LogP contribution is 2.18. The van der Waals surface area contributed by atoms with Gasteiger partial charge >= 0.3 is 12.0 Å². The number of para-hydroxylation sites is 1. The first kappa shape index (κ1) is 22.6. The Morgan fingerprint density at radius 1 is 0.933 bits per heavy atom. The minimum Gasteiger partial charge on any atom is -0.452 e. The molecule has 30 heavy (non-hydrogen) atoms. The number of carbonyl (C=O) groups excluding carboxylic acids is 4. The smallest absolute Gasteiger partial charge is 0.339 e. The minimum absolute atomic E-state index is 0.0299. The van der Waals surface area contributed by atoms with E-state index in [0.717, 1.165) is 0 Å². The topological polar surface area (TPSA) is 105 Å². The van der Waals surface area contributed by atoms with Gasteiger partial charge in [0.2, 0.25) is 0 Å². The third kappa shape index (κ3) is 6.44. The Kier molecular flexibility index (Phi) is 8.10. The molecule has 0 saturated carbocycles. The fourth-order valence-corrected chi connectivity index (χ4v) is 2.51. The summed E-state index contributed by atoms with van der Waals surface area (Å²) in [6, 6.07) is 14.5. The summed E-state index contributed by atoms with van der Waals surface area (Å²) in [5.74, 6) is -1.77. The fourth-order valence-electron chi connectivity index (χ4n) is 2.51. The second-order valence-electron chi connectivity index (χ2n) is 6.97. The summed E-state index contributed by atoms with van der Waals surface area (Å²) in [6.07, 6.45) is 0. The molecule has 158 valence electrons. The summed E-state index contributed by atoms with van der Waals surface area (Å²) in [4.78, 5) is 50.2. The molecule has 2 aromatic rings. The van der Waals surface area contributed by atoms with Crippen LogP contribution in [-0.4, -0.2) is 44.0 Å². The molecular weight excluding hydrogens is 386 g/mol. The van der Waals surface area contributed by atoms with Crippen molar-refractivity contribution in [2.75, 3.05) is 25.1 Å². The van der Waals surface area contributed by atoms with E-state index >= 15 is 0 Å². The van der Waals surface area contributed by atoms with E-state index in [9.17, 15) is 19.2 Å². The molecule has 0 unspecified atom stereocenters. The van der Waals surface area contributed by atoms with Gasteiger partial charge in [0, 0.05) is 19.3 Å². The van der Waals surface area contributed by atoms with Crippen LogP contribution < -0.4 is 15.5 Å². The average molecular weight is 411 g/mol. The molecule has 0 atom stereocenters. The van der Waals surface area contributed by atoms with E-state index in [1.807, 2.05) is 19.9 Å². The maximum Gasteiger partial charge on any atom is 0.339 e. The van der Waals surface area contributed by atoms with Crippen molar-refractivity contribution >= 4 is 29.5 Å². The van der Waals surface area contributed by atoms with Gasteiger partial charge in [-0.3, -0.25) is 14.9 Å². The van der Waals surface area contributed by atoms with E-state index in [1.54, 1.807) is 43.4 Å². The van der Waals surface area contributed by atoms with E-state index in [1.165, 1.54) is 17.0 Å². The highest BCUT2D eigenvalue weighted by Gasteiger charge is 2.22. The maximum atomic E-state index is 12.9. The lowest BCUT2D eigenvalue weighted by atomic mass is 10.1. The number of nitrogens with zero attached hydrogens (tertiary/aromatic N) is 1. The lowest BCUT2D eigenvalue weighted by molar-refractivity contribution is -0.123. The molecule has 0 aliphatic heterocycles. The van der Waals surface area contributed by atoms with E-state index in [-0.39, 0.29) is 17.0 Å². The Morgan fingerprint density at radius 2 is 1.53 bits per heavy atom. The first-order valence-corrected chi connectivity index (χ1v) is 9.46. The van der Waals surface area contributed by atoms with Crippen LogP contribution in [0.1, 0.15) is 34.6 Å². The van der Waals surface area contributed by atoms with Crippen LogP contribution in [0.2, 0.25) is 0 Å². The lowest BCUT2D eigenvalue weighted by Crippen LogP contribution is -2.42. The van der Waals surface area contributed by atoms with Crippen LogP contribution in [0.3, 0.4) is 0 Å². The van der Waals surface area contributed by atoms with Gasteiger partial charge in [-0.25, -0.2) is 9.59 Å². The van der Waals surface area contributed by atoms with Crippen LogP contribution in [0.4, 0.5) is 10.5 Å². The van der Waals surface area contributed by atoms with Crippen molar-refractivity contribution in [1.29, 1.82) is 0 Å². The number of anilines is 1. The standard InChI is InChI=1S/C22H25N3O5/c1-15(2)13-23-22(29)24-19(26)14-30-21(28)18-12-8-7-11-17(18)20(27)25(3)16-9-5-4-6-10-16/h4-12,15H,13-14H2,1-3H3,(H2,23,24,26,29). The molecule has 2 aromatic carbocycles. The van der Waals surface area contributed by atoms with Gasteiger partial charge in [0.05, 0.1) is 11.1 Å². The highest BCUT2D eigenvalue weighted by atomic mass is 16.5. The number of hydrogen-bond donors (Lipinski definition) is 2. The van der Waals surface area contributed by atoms with Crippen molar-refractivity contribution in [2.24, 2.45) is 5.92 Å². The molecule has 2 N–H and O–H groups in total. The molecule has 0 aliphatic carbocycles. The second kappa shape index (κ2) is 10.8. The summed E-state index contributed by atoms with van der Waals surface area (Å²) in [7, 11) is 1.60. The summed E-state index contributed by atoms with van der Waals surface area (Å²) >= 11 is 0. The van der Waals surface area contributed by atoms with Crippen LogP contribution in [-0.2, 0) is 9.53 Å². The predicted molar refractivity (Wildman–Crippen MR) is 112 cm³/mol. The van der Waals surface area contributed by atoms with Crippen molar-refractivity contribution in [2.45, 2.75) is 13.8 Å². The monoisotopic (exact) mass is 411 g/mol. The van der Waals surface area contributed by atoms with E-state index in [2.05, 4.69) is 10.6 Å². The fraction of sp³-hybridized carbons (Fsp3) is 0.273. The van der Waals surface area contributed by atoms with Crippen LogP contribution in [0, 0.1) is 5.92 Å². The number of amides is 4. The summed E-state index contributed by atoms with van der Waals surface area (Å²) in [5.41, 5.74) is 0.837. The molecule has 0 heterocycles. The zero-order valence-electron chi connectivity index (χ0n) is 17.2. The number of hydrogen-bond acceptors (Lipinski definition) is 5. The van der Waals surface area contributed by atoms with Crippen LogP contribution in [0.5, 0.6) is 0 Å². The van der Waals surface area contributed by atoms with Crippen molar-refractivity contribution < 1.29 is 23.9 Å². The number of urea groups is 1. The third-order valence-electron chi connectivity index (χ3n) is 4.08. The molecule has 0 fully saturated rings. The van der Waals surface area contributed by atoms with Gasteiger partial charge < -0.3 is 15.0 Å². The number of imide groups is 1. The molecule has 0 aliphatic rings. The number of esters is 1. The second-order valence-corrected chi connectivity index (χ2v) is 6.97. The quantitative estimate of drug-likeness (QED) is 0.682. The summed E-state index contributed by atoms with van der Waals surface area (Å²) in [5, 5.41) is 4.60. The first-order valence-electron chi connectivity index (χ1n) is 9.46. The molecule has 8 heteroatoms. The van der Waals surface area contributed by atoms with Crippen molar-refractivity contribution in [3.63, 3.8) is 0 Å². The molecule has 0 saturated heterocycles. The molecular formula is C22H25N3O5. The van der Waals surface area contributed by atoms with E-state index in [4.69, 9.17) is 4.74 Å². The SMILES string of the molecule is CC(C)CNC(=O)NC(=O)COC(=O)c1ccccc1C(=O)N(C)c1ccccc1. The molecule has 2 rings (SSSR count). The van der Waals surface area contributed by atoms with Crippen LogP contribution in [0.15, 0.2) is 54.6 Å². The average Bonchev–Trinajstić information content (AvgIpc) is 2.75. The molecule has 0 radical (unpaired) electrons. The Morgan fingerprint density at radius 3 is 2.17 bits per heavy atom. The van der Waals surface area contributed by atoms with Gasteiger partial charge in [-0.05, 0) is 30.2 Å². The van der Waals surface area contributed by atoms with Crippen LogP contribution >= 0.6 is 0 Å². The zero-order valence-corrected chi connectivity index (χ0v) is 17.2. The Labute approximate surface area is 175 Å². The minimum atomic E-state index is -0.835. The predicted octanol–water partition coefficient (Wildman–Crippen LogP) is 2.60. The lowest BCUT2D eigenvalue weighted by Gasteiger charge is -2.18. The van der Waals surface area contributed by atoms with Gasteiger partial charge in [-0.2, -0.15) is 0 Å². The van der Waals surface area contributed by atoms with Crippen molar-refractivity contribution in [1.82, 2.24) is 10.6 Å². The Hall–Kier alpha value is -3.68. The number of carbonyl (C=O) groups is 4. The van der Waals surface area contributed by atoms with Gasteiger partial charge in [0.25, 0.3) is 11.8 Å². The van der Waals surface area contributed by atoms with Gasteiger partial charge in [-0.1, -0.05) is 44.2 Å². The van der Waals surface area contributed by atoms with Crippen molar-refractivity contribution in [3.05, 3.63) is 65.7 Å². The highest BCUT2D eigenvalue weighted by molar-refractivity contribution is 6.12. The molecule has 4 amide bonds. The van der Waals surface area contributed by atoms with Gasteiger partial charge in [0.1, 0.15) is 0 Å². The Bertz CT molecular complexity index is 912. The zero-order chi connectivity index (χ0) is 22.1. The first-order chi connectivity index (χ1) is 14.3. The third-order valence-corrected chi connectivity index (χ3v) is 4.08. The summed E-state index contributed by atoms with van der Waals surface area (Å²) in [6.45, 7) is 3.59. The molecule has 8 nitrogen and oxygen atoms in total. The molecule has 0 aromatic heterocycles. The summed E-state index contributed by atoms with van der Waals surface area (Å²) < 4.78 is 4.99. The largest absolute Gasteiger partial charge is 0.452 e. The maximum absolute atomic E-state index is 12.9. The number of rotatable bonds is 7. The number of ether oxygens (including phenoxy) is 1. The van der Waals surface area contributed by atoms with Gasteiger partial charge in [0.15, 0.2) is 6.61 Å². The van der Waals surface area contributed by atoms with Crippen molar-refractivity contribution in [3.8, 4) is 0 Å². The molecule has 0 bridgehead atoms. The normalized spacial score (nSPS) is 10.3. The van der Waals surface area contributed by atoms with Crippen LogP contribution in [0.25, 0.3) is 0 Å². The molecule has 0 spiro atoms. The van der Waals surface area contributed by atoms with E-state index < -0.39 is 30.4 Å². The van der Waals surface area contributed by atoms with E-state index in [0.29, 0.717) is 12.2 Å². The number of benzene rings is 2.